The molecular formula is C11H17NO4. The molecule has 0 saturated heterocycles. The van der Waals surface area contributed by atoms with Gasteiger partial charge in [0.2, 0.25) is 5.76 Å². The highest BCUT2D eigenvalue weighted by atomic mass is 16.4. The molecule has 0 radical (unpaired) electrons. The van der Waals surface area contributed by atoms with E-state index in [0.717, 1.165) is 13.0 Å². The van der Waals surface area contributed by atoms with Crippen LogP contribution in [0.4, 0.5) is 0 Å². The van der Waals surface area contributed by atoms with Crippen molar-refractivity contribution in [2.24, 2.45) is 5.92 Å². The van der Waals surface area contributed by atoms with Crippen molar-refractivity contribution in [1.82, 2.24) is 5.32 Å². The van der Waals surface area contributed by atoms with E-state index in [1.807, 2.05) is 6.92 Å². The number of aliphatic hydroxyl groups is 1. The van der Waals surface area contributed by atoms with Gasteiger partial charge in [-0.2, -0.15) is 0 Å². The Balaban J connectivity index is 2.37. The molecule has 1 aromatic rings. The Morgan fingerprint density at radius 3 is 3.00 bits per heavy atom. The quantitative estimate of drug-likeness (QED) is 0.649. The molecule has 1 atom stereocenters. The molecule has 5 nitrogen and oxygen atoms in total. The van der Waals surface area contributed by atoms with Gasteiger partial charge in [-0.1, -0.05) is 6.92 Å². The van der Waals surface area contributed by atoms with Crippen LogP contribution >= 0.6 is 0 Å². The lowest BCUT2D eigenvalue weighted by molar-refractivity contribution is 0.0660. The number of aliphatic hydroxyl groups excluding tert-OH is 1. The Kier molecular flexibility index (Phi) is 5.01. The minimum absolute atomic E-state index is 0.0117. The van der Waals surface area contributed by atoms with Crippen LogP contribution < -0.4 is 5.32 Å². The van der Waals surface area contributed by atoms with Crippen LogP contribution in [-0.4, -0.2) is 29.3 Å². The number of hydrogen-bond donors (Lipinski definition) is 3. The van der Waals surface area contributed by atoms with E-state index in [1.165, 1.54) is 6.26 Å². The fraction of sp³-hybridized carbons (Fsp3) is 0.545. The Morgan fingerprint density at radius 1 is 1.62 bits per heavy atom. The van der Waals surface area contributed by atoms with Gasteiger partial charge in [-0.05, 0) is 24.9 Å². The molecule has 3 N–H and O–H groups in total. The van der Waals surface area contributed by atoms with Crippen molar-refractivity contribution in [3.05, 3.63) is 23.7 Å². The number of carboxylic acids is 1. The standard InChI is InChI=1S/C11H17NO4/c1-8(2-4-13)6-12-7-9-3-5-16-10(9)11(14)15/h3,5,8,12-13H,2,4,6-7H2,1H3,(H,14,15). The predicted octanol–water partition coefficient (Wildman–Crippen LogP) is 1.09. The van der Waals surface area contributed by atoms with E-state index >= 15 is 0 Å². The molecule has 0 aliphatic carbocycles. The number of aromatic carboxylic acids is 1. The zero-order valence-electron chi connectivity index (χ0n) is 9.27. The summed E-state index contributed by atoms with van der Waals surface area (Å²) in [6.45, 7) is 3.41. The second-order valence-corrected chi connectivity index (χ2v) is 3.83. The molecule has 0 fully saturated rings. The zero-order chi connectivity index (χ0) is 12.0. The van der Waals surface area contributed by atoms with Gasteiger partial charge in [0, 0.05) is 18.7 Å². The number of hydrogen-bond acceptors (Lipinski definition) is 4. The maximum absolute atomic E-state index is 10.7. The molecule has 1 rings (SSSR count). The molecule has 0 saturated carbocycles. The predicted molar refractivity (Wildman–Crippen MR) is 58.2 cm³/mol. The minimum atomic E-state index is -1.05. The Morgan fingerprint density at radius 2 is 2.38 bits per heavy atom. The van der Waals surface area contributed by atoms with E-state index in [1.54, 1.807) is 6.07 Å². The number of carboxylic acid groups (broad SMARTS) is 1. The van der Waals surface area contributed by atoms with Gasteiger partial charge in [-0.3, -0.25) is 0 Å². The molecule has 1 unspecified atom stereocenters. The van der Waals surface area contributed by atoms with Crippen LogP contribution in [-0.2, 0) is 6.54 Å². The summed E-state index contributed by atoms with van der Waals surface area (Å²) in [7, 11) is 0. The smallest absolute Gasteiger partial charge is 0.372 e. The van der Waals surface area contributed by atoms with E-state index in [-0.39, 0.29) is 12.4 Å². The lowest BCUT2D eigenvalue weighted by atomic mass is 10.1. The summed E-state index contributed by atoms with van der Waals surface area (Å²) in [5.74, 6) is -0.697. The first-order valence-electron chi connectivity index (χ1n) is 5.26. The molecule has 0 aliphatic rings. The molecule has 0 spiro atoms. The maximum atomic E-state index is 10.7. The molecule has 1 heterocycles. The van der Waals surface area contributed by atoms with Crippen molar-refractivity contribution >= 4 is 5.97 Å². The fourth-order valence-corrected chi connectivity index (χ4v) is 1.44. The Bertz CT molecular complexity index is 334. The van der Waals surface area contributed by atoms with E-state index in [9.17, 15) is 4.79 Å². The summed E-state index contributed by atoms with van der Waals surface area (Å²) in [4.78, 5) is 10.7. The molecule has 0 aliphatic heterocycles. The average Bonchev–Trinajstić information content (AvgIpc) is 2.66. The number of furan rings is 1. The lowest BCUT2D eigenvalue weighted by Crippen LogP contribution is -2.22. The van der Waals surface area contributed by atoms with Crippen LogP contribution in [0.15, 0.2) is 16.7 Å². The van der Waals surface area contributed by atoms with Crippen molar-refractivity contribution in [2.75, 3.05) is 13.2 Å². The van der Waals surface area contributed by atoms with Gasteiger partial charge in [0.1, 0.15) is 0 Å². The monoisotopic (exact) mass is 227 g/mol. The van der Waals surface area contributed by atoms with Crippen LogP contribution in [0.3, 0.4) is 0 Å². The lowest BCUT2D eigenvalue weighted by Gasteiger charge is -2.10. The van der Waals surface area contributed by atoms with Crippen molar-refractivity contribution in [1.29, 1.82) is 0 Å². The SMILES string of the molecule is CC(CCO)CNCc1ccoc1C(=O)O. The van der Waals surface area contributed by atoms with Crippen LogP contribution in [0.1, 0.15) is 29.5 Å². The van der Waals surface area contributed by atoms with Crippen molar-refractivity contribution in [3.63, 3.8) is 0 Å². The van der Waals surface area contributed by atoms with Crippen molar-refractivity contribution < 1.29 is 19.4 Å². The van der Waals surface area contributed by atoms with Crippen molar-refractivity contribution in [2.45, 2.75) is 19.9 Å². The zero-order valence-corrected chi connectivity index (χ0v) is 9.27. The summed E-state index contributed by atoms with van der Waals surface area (Å²) >= 11 is 0. The maximum Gasteiger partial charge on any atom is 0.372 e. The third-order valence-corrected chi connectivity index (χ3v) is 2.37. The van der Waals surface area contributed by atoms with Crippen molar-refractivity contribution in [3.8, 4) is 0 Å². The molecule has 90 valence electrons. The number of rotatable bonds is 7. The average molecular weight is 227 g/mol. The van der Waals surface area contributed by atoms with Crippen LogP contribution in [0, 0.1) is 5.92 Å². The summed E-state index contributed by atoms with van der Waals surface area (Å²) in [6.07, 6.45) is 2.11. The molecule has 16 heavy (non-hydrogen) atoms. The van der Waals surface area contributed by atoms with E-state index < -0.39 is 5.97 Å². The first-order valence-corrected chi connectivity index (χ1v) is 5.26. The normalized spacial score (nSPS) is 12.6. The summed E-state index contributed by atoms with van der Waals surface area (Å²) in [5, 5.41) is 20.6. The second kappa shape index (κ2) is 6.30. The van der Waals surface area contributed by atoms with Gasteiger partial charge in [-0.25, -0.2) is 4.79 Å². The summed E-state index contributed by atoms with van der Waals surface area (Å²) < 4.78 is 4.85. The molecule has 0 amide bonds. The third kappa shape index (κ3) is 3.67. The molecular weight excluding hydrogens is 210 g/mol. The molecule has 0 bridgehead atoms. The number of carbonyl (C=O) groups is 1. The van der Waals surface area contributed by atoms with Crippen LogP contribution in [0.2, 0.25) is 0 Å². The fourth-order valence-electron chi connectivity index (χ4n) is 1.44. The van der Waals surface area contributed by atoms with Gasteiger partial charge in [0.05, 0.1) is 6.26 Å². The van der Waals surface area contributed by atoms with Gasteiger partial charge < -0.3 is 19.9 Å². The topological polar surface area (TPSA) is 82.7 Å². The highest BCUT2D eigenvalue weighted by Gasteiger charge is 2.13. The van der Waals surface area contributed by atoms with Crippen LogP contribution in [0.5, 0.6) is 0 Å². The minimum Gasteiger partial charge on any atom is -0.475 e. The Labute approximate surface area is 94.1 Å². The summed E-state index contributed by atoms with van der Waals surface area (Å²) in [6, 6.07) is 1.65. The largest absolute Gasteiger partial charge is 0.475 e. The van der Waals surface area contributed by atoms with Gasteiger partial charge >= 0.3 is 5.97 Å². The van der Waals surface area contributed by atoms with Crippen LogP contribution in [0.25, 0.3) is 0 Å². The Hall–Kier alpha value is -1.33. The highest BCUT2D eigenvalue weighted by Crippen LogP contribution is 2.10. The van der Waals surface area contributed by atoms with Gasteiger partial charge in [-0.15, -0.1) is 0 Å². The molecule has 0 aromatic carbocycles. The highest BCUT2D eigenvalue weighted by molar-refractivity contribution is 5.86. The van der Waals surface area contributed by atoms with E-state index in [2.05, 4.69) is 5.32 Å². The van der Waals surface area contributed by atoms with E-state index in [4.69, 9.17) is 14.6 Å². The molecule has 5 heteroatoms. The first-order chi connectivity index (χ1) is 7.65. The third-order valence-electron chi connectivity index (χ3n) is 2.37. The van der Waals surface area contributed by atoms with E-state index in [0.29, 0.717) is 18.0 Å². The second-order valence-electron chi connectivity index (χ2n) is 3.83. The first kappa shape index (κ1) is 12.7. The number of nitrogens with one attached hydrogen (secondary N) is 1. The van der Waals surface area contributed by atoms with Gasteiger partial charge in [0.25, 0.3) is 0 Å². The van der Waals surface area contributed by atoms with Gasteiger partial charge in [0.15, 0.2) is 0 Å². The summed E-state index contributed by atoms with van der Waals surface area (Å²) in [5.41, 5.74) is 0.642. The molecule has 1 aromatic heterocycles.